The summed E-state index contributed by atoms with van der Waals surface area (Å²) >= 11 is 0. The van der Waals surface area contributed by atoms with Crippen LogP contribution in [0.25, 0.3) is 0 Å². The quantitative estimate of drug-likeness (QED) is 0.844. The lowest BCUT2D eigenvalue weighted by atomic mass is 10.1. The van der Waals surface area contributed by atoms with Crippen molar-refractivity contribution in [3.8, 4) is 0 Å². The SMILES string of the molecule is CCc1cccc(C)c1NC(=O)COC(=O)c1c(C)cc(=O)oc1C. The van der Waals surface area contributed by atoms with E-state index < -0.39 is 24.1 Å². The van der Waals surface area contributed by atoms with Crippen LogP contribution < -0.4 is 10.9 Å². The van der Waals surface area contributed by atoms with Crippen molar-refractivity contribution in [2.75, 3.05) is 11.9 Å². The topological polar surface area (TPSA) is 85.6 Å². The van der Waals surface area contributed by atoms with Crippen LogP contribution in [0, 0.1) is 20.8 Å². The molecule has 2 rings (SSSR count). The zero-order valence-corrected chi connectivity index (χ0v) is 14.8. The molecule has 25 heavy (non-hydrogen) atoms. The Labute approximate surface area is 145 Å². The third kappa shape index (κ3) is 4.35. The molecule has 2 aromatic rings. The van der Waals surface area contributed by atoms with Gasteiger partial charge in [0.15, 0.2) is 6.61 Å². The van der Waals surface area contributed by atoms with Crippen LogP contribution in [-0.2, 0) is 16.0 Å². The number of esters is 1. The third-order valence-electron chi connectivity index (χ3n) is 3.88. The van der Waals surface area contributed by atoms with Crippen LogP contribution in [0.2, 0.25) is 0 Å². The number of anilines is 1. The van der Waals surface area contributed by atoms with Gasteiger partial charge in [0, 0.05) is 11.8 Å². The van der Waals surface area contributed by atoms with Gasteiger partial charge in [-0.05, 0) is 43.9 Å². The van der Waals surface area contributed by atoms with E-state index in [1.54, 1.807) is 6.92 Å². The van der Waals surface area contributed by atoms with Crippen LogP contribution >= 0.6 is 0 Å². The van der Waals surface area contributed by atoms with Gasteiger partial charge in [-0.1, -0.05) is 25.1 Å². The van der Waals surface area contributed by atoms with Gasteiger partial charge in [-0.3, -0.25) is 4.79 Å². The van der Waals surface area contributed by atoms with Crippen molar-refractivity contribution in [2.24, 2.45) is 0 Å². The number of ether oxygens (including phenoxy) is 1. The molecule has 1 heterocycles. The fourth-order valence-corrected chi connectivity index (χ4v) is 2.64. The summed E-state index contributed by atoms with van der Waals surface area (Å²) in [6, 6.07) is 6.98. The summed E-state index contributed by atoms with van der Waals surface area (Å²) in [4.78, 5) is 35.6. The molecule has 0 unspecified atom stereocenters. The average molecular weight is 343 g/mol. The summed E-state index contributed by atoms with van der Waals surface area (Å²) in [5.41, 5.74) is 2.77. The summed E-state index contributed by atoms with van der Waals surface area (Å²) in [7, 11) is 0. The van der Waals surface area contributed by atoms with E-state index in [2.05, 4.69) is 5.32 Å². The molecular formula is C19H21NO5. The van der Waals surface area contributed by atoms with Crippen molar-refractivity contribution in [1.82, 2.24) is 0 Å². The Morgan fingerprint density at radius 2 is 1.88 bits per heavy atom. The van der Waals surface area contributed by atoms with Crippen LogP contribution in [-0.4, -0.2) is 18.5 Å². The van der Waals surface area contributed by atoms with Crippen LogP contribution in [0.15, 0.2) is 33.5 Å². The molecule has 0 saturated carbocycles. The van der Waals surface area contributed by atoms with Crippen molar-refractivity contribution in [1.29, 1.82) is 0 Å². The highest BCUT2D eigenvalue weighted by atomic mass is 16.5. The van der Waals surface area contributed by atoms with Crippen molar-refractivity contribution < 1.29 is 18.7 Å². The molecule has 1 N–H and O–H groups in total. The largest absolute Gasteiger partial charge is 0.452 e. The molecule has 0 fully saturated rings. The summed E-state index contributed by atoms with van der Waals surface area (Å²) in [6.45, 7) is 6.60. The Morgan fingerprint density at radius 3 is 2.52 bits per heavy atom. The maximum Gasteiger partial charge on any atom is 0.342 e. The molecule has 6 nitrogen and oxygen atoms in total. The Morgan fingerprint density at radius 1 is 1.16 bits per heavy atom. The molecule has 0 aliphatic rings. The standard InChI is InChI=1S/C19H21NO5/c1-5-14-8-6-7-11(2)18(14)20-15(21)10-24-19(23)17-12(3)9-16(22)25-13(17)4/h6-9H,5,10H2,1-4H3,(H,20,21). The zero-order valence-electron chi connectivity index (χ0n) is 14.8. The first-order valence-corrected chi connectivity index (χ1v) is 8.00. The highest BCUT2D eigenvalue weighted by Crippen LogP contribution is 2.21. The van der Waals surface area contributed by atoms with E-state index in [1.165, 1.54) is 13.0 Å². The van der Waals surface area contributed by atoms with Gasteiger partial charge in [-0.25, -0.2) is 9.59 Å². The van der Waals surface area contributed by atoms with E-state index in [1.807, 2.05) is 32.0 Å². The average Bonchev–Trinajstić information content (AvgIpc) is 2.53. The molecule has 0 aliphatic heterocycles. The number of rotatable bonds is 5. The van der Waals surface area contributed by atoms with Gasteiger partial charge in [0.25, 0.3) is 5.91 Å². The molecule has 132 valence electrons. The molecule has 1 aromatic carbocycles. The number of carbonyl (C=O) groups excluding carboxylic acids is 2. The molecule has 0 aliphatic carbocycles. The van der Waals surface area contributed by atoms with E-state index >= 15 is 0 Å². The summed E-state index contributed by atoms with van der Waals surface area (Å²) in [5.74, 6) is -0.956. The zero-order chi connectivity index (χ0) is 18.6. The fraction of sp³-hybridized carbons (Fsp3) is 0.316. The van der Waals surface area contributed by atoms with Crippen molar-refractivity contribution in [3.05, 3.63) is 62.7 Å². The molecular weight excluding hydrogens is 322 g/mol. The highest BCUT2D eigenvalue weighted by molar-refractivity contribution is 5.97. The van der Waals surface area contributed by atoms with E-state index in [4.69, 9.17) is 9.15 Å². The summed E-state index contributed by atoms with van der Waals surface area (Å²) < 4.78 is 9.97. The van der Waals surface area contributed by atoms with Crippen molar-refractivity contribution >= 4 is 17.6 Å². The predicted octanol–water partition coefficient (Wildman–Crippen LogP) is 2.92. The molecule has 0 saturated heterocycles. The number of hydrogen-bond donors (Lipinski definition) is 1. The molecule has 0 spiro atoms. The third-order valence-corrected chi connectivity index (χ3v) is 3.88. The van der Waals surface area contributed by atoms with Crippen LogP contribution in [0.1, 0.15) is 39.7 Å². The van der Waals surface area contributed by atoms with Crippen LogP contribution in [0.3, 0.4) is 0 Å². The van der Waals surface area contributed by atoms with Gasteiger partial charge in [0.1, 0.15) is 11.3 Å². The number of amides is 1. The minimum absolute atomic E-state index is 0.164. The Hall–Kier alpha value is -2.89. The second-order valence-corrected chi connectivity index (χ2v) is 5.77. The lowest BCUT2D eigenvalue weighted by Crippen LogP contribution is -2.23. The van der Waals surface area contributed by atoms with E-state index in [9.17, 15) is 14.4 Å². The molecule has 0 atom stereocenters. The normalized spacial score (nSPS) is 10.4. The lowest BCUT2D eigenvalue weighted by molar-refractivity contribution is -0.119. The van der Waals surface area contributed by atoms with Crippen molar-refractivity contribution in [2.45, 2.75) is 34.1 Å². The summed E-state index contributed by atoms with van der Waals surface area (Å²) in [6.07, 6.45) is 0.776. The van der Waals surface area contributed by atoms with E-state index in [0.29, 0.717) is 5.56 Å². The van der Waals surface area contributed by atoms with Gasteiger partial charge in [-0.2, -0.15) is 0 Å². The smallest absolute Gasteiger partial charge is 0.342 e. The molecule has 0 bridgehead atoms. The monoisotopic (exact) mass is 343 g/mol. The number of nitrogens with one attached hydrogen (secondary N) is 1. The molecule has 0 radical (unpaired) electrons. The second-order valence-electron chi connectivity index (χ2n) is 5.77. The number of benzene rings is 1. The van der Waals surface area contributed by atoms with Crippen LogP contribution in [0.5, 0.6) is 0 Å². The first-order chi connectivity index (χ1) is 11.8. The number of aryl methyl sites for hydroxylation is 4. The fourth-order valence-electron chi connectivity index (χ4n) is 2.64. The number of carbonyl (C=O) groups is 2. The minimum atomic E-state index is -0.700. The van der Waals surface area contributed by atoms with Crippen molar-refractivity contribution in [3.63, 3.8) is 0 Å². The predicted molar refractivity (Wildman–Crippen MR) is 93.9 cm³/mol. The lowest BCUT2D eigenvalue weighted by Gasteiger charge is -2.13. The van der Waals surface area contributed by atoms with E-state index in [0.717, 1.165) is 23.2 Å². The maximum absolute atomic E-state index is 12.2. The first-order valence-electron chi connectivity index (χ1n) is 8.00. The van der Waals surface area contributed by atoms with Gasteiger partial charge in [0.2, 0.25) is 0 Å². The van der Waals surface area contributed by atoms with Gasteiger partial charge in [-0.15, -0.1) is 0 Å². The minimum Gasteiger partial charge on any atom is -0.452 e. The van der Waals surface area contributed by atoms with Crippen LogP contribution in [0.4, 0.5) is 5.69 Å². The Bertz CT molecular complexity index is 840. The number of hydrogen-bond acceptors (Lipinski definition) is 5. The van der Waals surface area contributed by atoms with Gasteiger partial charge < -0.3 is 14.5 Å². The summed E-state index contributed by atoms with van der Waals surface area (Å²) in [5, 5.41) is 2.79. The Balaban J connectivity index is 2.06. The number of para-hydroxylation sites is 1. The van der Waals surface area contributed by atoms with Gasteiger partial charge >= 0.3 is 11.6 Å². The maximum atomic E-state index is 12.2. The molecule has 6 heteroatoms. The first kappa shape index (κ1) is 18.4. The van der Waals surface area contributed by atoms with E-state index in [-0.39, 0.29) is 11.3 Å². The molecule has 1 aromatic heterocycles. The molecule has 1 amide bonds. The van der Waals surface area contributed by atoms with Gasteiger partial charge in [0.05, 0.1) is 0 Å². The second kappa shape index (κ2) is 7.79. The Kier molecular flexibility index (Phi) is 5.75. The highest BCUT2D eigenvalue weighted by Gasteiger charge is 2.18.